The number of imidazole rings is 1. The normalized spacial score (nSPS) is 10.2. The van der Waals surface area contributed by atoms with Crippen molar-refractivity contribution in [2.75, 3.05) is 6.61 Å². The standard InChI is InChI=1S/C17H14N4O2/c18-9-13-4-6-15(7-5-13)23-12-17(22)19-10-14-11-21-8-2-1-3-16(21)20-14/h1-8,11H,10,12H2,(H,19,22). The Morgan fingerprint density at radius 1 is 1.26 bits per heavy atom. The fourth-order valence-electron chi connectivity index (χ4n) is 2.09. The number of hydrogen-bond acceptors (Lipinski definition) is 4. The Balaban J connectivity index is 1.50. The van der Waals surface area contributed by atoms with Crippen molar-refractivity contribution in [2.45, 2.75) is 6.54 Å². The number of amides is 1. The number of nitrogens with one attached hydrogen (secondary N) is 1. The van der Waals surface area contributed by atoms with Crippen LogP contribution in [0.3, 0.4) is 0 Å². The molecule has 3 rings (SSSR count). The van der Waals surface area contributed by atoms with E-state index >= 15 is 0 Å². The maximum absolute atomic E-state index is 11.8. The molecule has 0 saturated carbocycles. The van der Waals surface area contributed by atoms with E-state index in [9.17, 15) is 4.79 Å². The number of rotatable bonds is 5. The van der Waals surface area contributed by atoms with Crippen LogP contribution in [0.5, 0.6) is 5.75 Å². The molecule has 0 bridgehead atoms. The van der Waals surface area contributed by atoms with Gasteiger partial charge in [-0.1, -0.05) is 6.07 Å². The molecule has 0 radical (unpaired) electrons. The van der Waals surface area contributed by atoms with E-state index in [1.807, 2.05) is 41.1 Å². The highest BCUT2D eigenvalue weighted by Gasteiger charge is 2.05. The van der Waals surface area contributed by atoms with Crippen molar-refractivity contribution in [1.29, 1.82) is 5.26 Å². The number of benzene rings is 1. The topological polar surface area (TPSA) is 79.4 Å². The Hall–Kier alpha value is -3.33. The molecular weight excluding hydrogens is 292 g/mol. The van der Waals surface area contributed by atoms with Gasteiger partial charge in [0.05, 0.1) is 23.9 Å². The van der Waals surface area contributed by atoms with E-state index in [0.29, 0.717) is 17.9 Å². The van der Waals surface area contributed by atoms with Gasteiger partial charge in [0.1, 0.15) is 11.4 Å². The van der Waals surface area contributed by atoms with Crippen LogP contribution < -0.4 is 10.1 Å². The molecule has 0 spiro atoms. The number of pyridine rings is 1. The van der Waals surface area contributed by atoms with Gasteiger partial charge in [-0.05, 0) is 36.4 Å². The SMILES string of the molecule is N#Cc1ccc(OCC(=O)NCc2cn3ccccc3n2)cc1. The first-order valence-corrected chi connectivity index (χ1v) is 7.07. The number of nitriles is 1. The summed E-state index contributed by atoms with van der Waals surface area (Å²) in [5, 5.41) is 11.5. The fourth-order valence-corrected chi connectivity index (χ4v) is 2.09. The lowest BCUT2D eigenvalue weighted by atomic mass is 10.2. The van der Waals surface area contributed by atoms with Gasteiger partial charge in [0.2, 0.25) is 0 Å². The Morgan fingerprint density at radius 2 is 2.09 bits per heavy atom. The number of hydrogen-bond donors (Lipinski definition) is 1. The van der Waals surface area contributed by atoms with Gasteiger partial charge >= 0.3 is 0 Å². The second-order valence-electron chi connectivity index (χ2n) is 4.90. The monoisotopic (exact) mass is 306 g/mol. The average Bonchev–Trinajstić information content (AvgIpc) is 3.01. The predicted molar refractivity (Wildman–Crippen MR) is 83.7 cm³/mol. The predicted octanol–water partition coefficient (Wildman–Crippen LogP) is 1.90. The molecule has 1 amide bonds. The lowest BCUT2D eigenvalue weighted by molar-refractivity contribution is -0.123. The van der Waals surface area contributed by atoms with E-state index in [1.165, 1.54) is 0 Å². The zero-order chi connectivity index (χ0) is 16.1. The summed E-state index contributed by atoms with van der Waals surface area (Å²) in [6.45, 7) is 0.260. The van der Waals surface area contributed by atoms with Crippen LogP contribution in [0.25, 0.3) is 5.65 Å². The minimum atomic E-state index is -0.230. The number of fused-ring (bicyclic) bond motifs is 1. The van der Waals surface area contributed by atoms with Gasteiger partial charge in [-0.25, -0.2) is 4.98 Å². The van der Waals surface area contributed by atoms with Crippen LogP contribution in [-0.4, -0.2) is 21.9 Å². The Kier molecular flexibility index (Phi) is 4.20. The fraction of sp³-hybridized carbons (Fsp3) is 0.118. The van der Waals surface area contributed by atoms with E-state index in [0.717, 1.165) is 11.3 Å². The van der Waals surface area contributed by atoms with Crippen molar-refractivity contribution in [3.05, 3.63) is 66.1 Å². The maximum atomic E-state index is 11.8. The van der Waals surface area contributed by atoms with Crippen LogP contribution >= 0.6 is 0 Å². The first kappa shape index (κ1) is 14.6. The third kappa shape index (κ3) is 3.66. The number of nitrogens with zero attached hydrogens (tertiary/aromatic N) is 3. The van der Waals surface area contributed by atoms with E-state index in [-0.39, 0.29) is 12.5 Å². The number of carbonyl (C=O) groups is 1. The molecule has 0 fully saturated rings. The first-order valence-electron chi connectivity index (χ1n) is 7.07. The van der Waals surface area contributed by atoms with Crippen molar-refractivity contribution < 1.29 is 9.53 Å². The highest BCUT2D eigenvalue weighted by Crippen LogP contribution is 2.11. The summed E-state index contributed by atoms with van der Waals surface area (Å²) < 4.78 is 7.27. The van der Waals surface area contributed by atoms with E-state index in [4.69, 9.17) is 10.00 Å². The van der Waals surface area contributed by atoms with Crippen LogP contribution in [0.15, 0.2) is 54.9 Å². The van der Waals surface area contributed by atoms with Crippen LogP contribution in [0.1, 0.15) is 11.3 Å². The van der Waals surface area contributed by atoms with Gasteiger partial charge in [0.25, 0.3) is 5.91 Å². The molecule has 1 aromatic carbocycles. The van der Waals surface area contributed by atoms with Crippen molar-refractivity contribution in [3.8, 4) is 11.8 Å². The first-order chi connectivity index (χ1) is 11.2. The minimum Gasteiger partial charge on any atom is -0.484 e. The summed E-state index contributed by atoms with van der Waals surface area (Å²) in [6.07, 6.45) is 3.78. The molecule has 6 heteroatoms. The molecule has 0 aliphatic heterocycles. The van der Waals surface area contributed by atoms with Gasteiger partial charge in [-0.15, -0.1) is 0 Å². The van der Waals surface area contributed by atoms with Gasteiger partial charge in [-0.3, -0.25) is 4.79 Å². The second-order valence-corrected chi connectivity index (χ2v) is 4.90. The summed E-state index contributed by atoms with van der Waals surface area (Å²) in [7, 11) is 0. The molecular formula is C17H14N4O2. The van der Waals surface area contributed by atoms with E-state index < -0.39 is 0 Å². The summed E-state index contributed by atoms with van der Waals surface area (Å²) in [5.41, 5.74) is 2.17. The molecule has 0 aliphatic carbocycles. The maximum Gasteiger partial charge on any atom is 0.258 e. The van der Waals surface area contributed by atoms with Crippen LogP contribution in [0.4, 0.5) is 0 Å². The van der Waals surface area contributed by atoms with Crippen molar-refractivity contribution >= 4 is 11.6 Å². The quantitative estimate of drug-likeness (QED) is 0.781. The van der Waals surface area contributed by atoms with Gasteiger partial charge in [0.15, 0.2) is 6.61 Å². The van der Waals surface area contributed by atoms with Crippen LogP contribution in [-0.2, 0) is 11.3 Å². The van der Waals surface area contributed by atoms with E-state index in [2.05, 4.69) is 10.3 Å². The smallest absolute Gasteiger partial charge is 0.258 e. The molecule has 0 saturated heterocycles. The Morgan fingerprint density at radius 3 is 2.83 bits per heavy atom. The van der Waals surface area contributed by atoms with Crippen molar-refractivity contribution in [1.82, 2.24) is 14.7 Å². The molecule has 3 aromatic rings. The minimum absolute atomic E-state index is 0.0841. The largest absolute Gasteiger partial charge is 0.484 e. The number of carbonyl (C=O) groups excluding carboxylic acids is 1. The zero-order valence-corrected chi connectivity index (χ0v) is 12.3. The third-order valence-electron chi connectivity index (χ3n) is 3.23. The summed E-state index contributed by atoms with van der Waals surface area (Å²) in [6, 6.07) is 14.4. The molecule has 0 atom stereocenters. The molecule has 6 nitrogen and oxygen atoms in total. The third-order valence-corrected chi connectivity index (χ3v) is 3.23. The van der Waals surface area contributed by atoms with Crippen molar-refractivity contribution in [3.63, 3.8) is 0 Å². The lowest BCUT2D eigenvalue weighted by Gasteiger charge is -2.06. The second kappa shape index (κ2) is 6.62. The Bertz CT molecular complexity index is 829. The lowest BCUT2D eigenvalue weighted by Crippen LogP contribution is -2.28. The summed E-state index contributed by atoms with van der Waals surface area (Å²) in [4.78, 5) is 16.2. The number of ether oxygens (including phenoxy) is 1. The molecule has 1 N–H and O–H groups in total. The molecule has 114 valence electrons. The highest BCUT2D eigenvalue weighted by atomic mass is 16.5. The van der Waals surface area contributed by atoms with Crippen LogP contribution in [0, 0.1) is 11.3 Å². The molecule has 0 aliphatic rings. The van der Waals surface area contributed by atoms with Gasteiger partial charge in [-0.2, -0.15) is 5.26 Å². The Labute approximate surface area is 133 Å². The molecule has 2 heterocycles. The zero-order valence-electron chi connectivity index (χ0n) is 12.3. The molecule has 2 aromatic heterocycles. The van der Waals surface area contributed by atoms with E-state index in [1.54, 1.807) is 24.3 Å². The van der Waals surface area contributed by atoms with Gasteiger partial charge in [0, 0.05) is 12.4 Å². The molecule has 23 heavy (non-hydrogen) atoms. The average molecular weight is 306 g/mol. The summed E-state index contributed by atoms with van der Waals surface area (Å²) >= 11 is 0. The summed E-state index contributed by atoms with van der Waals surface area (Å²) in [5.74, 6) is 0.318. The molecule has 0 unspecified atom stereocenters. The van der Waals surface area contributed by atoms with Crippen LogP contribution in [0.2, 0.25) is 0 Å². The van der Waals surface area contributed by atoms with Crippen molar-refractivity contribution in [2.24, 2.45) is 0 Å². The highest BCUT2D eigenvalue weighted by molar-refractivity contribution is 5.77. The van der Waals surface area contributed by atoms with Gasteiger partial charge < -0.3 is 14.5 Å². The number of aromatic nitrogens is 2.